The molecule has 12 nitrogen and oxygen atoms in total. The lowest BCUT2D eigenvalue weighted by Crippen LogP contribution is -2.57. The van der Waals surface area contributed by atoms with Gasteiger partial charge in [0, 0.05) is 34.8 Å². The summed E-state index contributed by atoms with van der Waals surface area (Å²) < 4.78 is 55.5. The smallest absolute Gasteiger partial charge is 0.306 e. The summed E-state index contributed by atoms with van der Waals surface area (Å²) in [6.07, 6.45) is 12.7. The van der Waals surface area contributed by atoms with Gasteiger partial charge in [0.15, 0.2) is 0 Å². The van der Waals surface area contributed by atoms with E-state index in [4.69, 9.17) is 14.5 Å². The zero-order valence-electron chi connectivity index (χ0n) is 34.1. The molecule has 4 fully saturated rings. The molecular weight excluding hydrogens is 788 g/mol. The molecule has 2 aromatic carbocycles. The largest absolute Gasteiger partial charge is 0.483 e. The Morgan fingerprint density at radius 1 is 1.00 bits per heavy atom. The number of benzene rings is 2. The highest BCUT2D eigenvalue weighted by molar-refractivity contribution is 7.91. The fourth-order valence-corrected chi connectivity index (χ4v) is 11.2. The molecule has 14 heteroatoms. The molecule has 3 aromatic rings. The van der Waals surface area contributed by atoms with Crippen LogP contribution < -0.4 is 14.8 Å². The number of allylic oxidation sites excluding steroid dienone is 1. The Kier molecular flexibility index (Phi) is 10.5. The highest BCUT2D eigenvalue weighted by Crippen LogP contribution is 2.50. The number of amides is 3. The van der Waals surface area contributed by atoms with Crippen LogP contribution in [0.25, 0.3) is 22.2 Å². The number of nitrogens with one attached hydrogen (secondary N) is 2. The summed E-state index contributed by atoms with van der Waals surface area (Å²) in [5.74, 6) is -3.37. The standard InChI is InChI=1S/C46H53FN4O8S/c1-44(22-23-44)60(56,57)50-43(55)46-26-31(46)14-6-4-2-3-5-12-30(25-38(52)58-33-16-7-8-17-33)42(54)51-28-45(27-37(51)41(53)49-46)21-20-35-34-18-9-10-19-36(34)48-39(40(35)59-45)29-13-11-15-32(47)24-29/h6,9-11,13-15,18-19,24,30-31,33,37H,2-5,7-8,12,16-17,20-23,25-28H2,1H3,(H,49,53)(H,50,55)/b14-6-/t30-,31-,37+,45-,46-/m1/s1. The molecule has 3 saturated carbocycles. The van der Waals surface area contributed by atoms with Gasteiger partial charge in [0.25, 0.3) is 5.91 Å². The minimum absolute atomic E-state index is 0.0161. The van der Waals surface area contributed by atoms with Gasteiger partial charge in [-0.3, -0.25) is 23.9 Å². The van der Waals surface area contributed by atoms with E-state index in [-0.39, 0.29) is 37.8 Å². The fourth-order valence-electron chi connectivity index (χ4n) is 9.89. The first-order chi connectivity index (χ1) is 28.8. The maximum atomic E-state index is 15.0. The first kappa shape index (κ1) is 40.6. The summed E-state index contributed by atoms with van der Waals surface area (Å²) in [5, 5.41) is 3.86. The first-order valence-electron chi connectivity index (χ1n) is 21.7. The van der Waals surface area contributed by atoms with Crippen molar-refractivity contribution in [3.8, 4) is 17.0 Å². The van der Waals surface area contributed by atoms with Crippen molar-refractivity contribution in [1.82, 2.24) is 19.9 Å². The Labute approximate surface area is 350 Å². The molecular formula is C46H53FN4O8S. The zero-order chi connectivity index (χ0) is 41.9. The van der Waals surface area contributed by atoms with Crippen molar-refractivity contribution in [1.29, 1.82) is 0 Å². The molecule has 0 bridgehead atoms. The topological polar surface area (TPSA) is 161 Å². The Morgan fingerprint density at radius 2 is 1.78 bits per heavy atom. The molecule has 4 heterocycles. The Hall–Kier alpha value is -4.85. The number of halogens is 1. The van der Waals surface area contributed by atoms with Crippen molar-refractivity contribution >= 4 is 44.6 Å². The molecule has 3 aliphatic carbocycles. The Bertz CT molecular complexity index is 2380. The number of para-hydroxylation sites is 1. The summed E-state index contributed by atoms with van der Waals surface area (Å²) in [5.41, 5.74) is -0.0259. The van der Waals surface area contributed by atoms with Gasteiger partial charge in [0.05, 0.1) is 23.2 Å². The van der Waals surface area contributed by atoms with E-state index in [2.05, 4.69) is 10.0 Å². The number of pyridine rings is 1. The second kappa shape index (κ2) is 15.6. The SMILES string of the molecule is CC1(S(=O)(=O)NC(=O)[C@@]23C[C@H]2/C=C\CCCCC[C@H](CC(=O)OC2CCCC2)C(=O)N2C[C@@]4(CCc5c(c(-c6cccc(F)c6)nc6ccccc56)O4)C[C@H]2C(=O)N3)CC1. The summed E-state index contributed by atoms with van der Waals surface area (Å²) in [6, 6.07) is 12.7. The molecule has 2 N–H and O–H groups in total. The molecule has 3 aliphatic heterocycles. The maximum Gasteiger partial charge on any atom is 0.306 e. The lowest BCUT2D eigenvalue weighted by atomic mass is 9.86. The number of aromatic nitrogens is 1. The van der Waals surface area contributed by atoms with Gasteiger partial charge in [0.1, 0.15) is 40.5 Å². The van der Waals surface area contributed by atoms with Crippen LogP contribution in [-0.2, 0) is 40.4 Å². The van der Waals surface area contributed by atoms with E-state index in [1.165, 1.54) is 17.0 Å². The van der Waals surface area contributed by atoms with Crippen molar-refractivity contribution < 1.29 is 41.5 Å². The number of aryl methyl sites for hydroxylation is 1. The highest BCUT2D eigenvalue weighted by atomic mass is 32.2. The first-order valence-corrected chi connectivity index (χ1v) is 23.2. The second-order valence-corrected chi connectivity index (χ2v) is 20.5. The number of sulfonamides is 1. The van der Waals surface area contributed by atoms with Crippen molar-refractivity contribution in [2.75, 3.05) is 6.54 Å². The Morgan fingerprint density at radius 3 is 2.57 bits per heavy atom. The molecule has 1 aromatic heterocycles. The van der Waals surface area contributed by atoms with Crippen LogP contribution in [0.15, 0.2) is 60.7 Å². The van der Waals surface area contributed by atoms with Crippen LogP contribution in [0.3, 0.4) is 0 Å². The molecule has 9 rings (SSSR count). The van der Waals surface area contributed by atoms with Crippen LogP contribution in [0.4, 0.5) is 4.39 Å². The predicted molar refractivity (Wildman–Crippen MR) is 221 cm³/mol. The molecule has 0 radical (unpaired) electrons. The monoisotopic (exact) mass is 840 g/mol. The van der Waals surface area contributed by atoms with Gasteiger partial charge in [-0.1, -0.05) is 55.3 Å². The van der Waals surface area contributed by atoms with Gasteiger partial charge in [-0.2, -0.15) is 0 Å². The summed E-state index contributed by atoms with van der Waals surface area (Å²) in [7, 11) is -4.01. The number of ether oxygens (including phenoxy) is 2. The molecule has 0 unspecified atom stereocenters. The third-order valence-electron chi connectivity index (χ3n) is 13.9. The van der Waals surface area contributed by atoms with Crippen LogP contribution in [0.2, 0.25) is 0 Å². The number of hydrogen-bond donors (Lipinski definition) is 2. The van der Waals surface area contributed by atoms with Crippen molar-refractivity contribution in [3.05, 3.63) is 72.1 Å². The van der Waals surface area contributed by atoms with E-state index in [0.29, 0.717) is 62.0 Å². The van der Waals surface area contributed by atoms with Crippen LogP contribution in [-0.4, -0.2) is 76.6 Å². The number of nitrogens with zero attached hydrogens (tertiary/aromatic N) is 2. The minimum atomic E-state index is -4.01. The van der Waals surface area contributed by atoms with Gasteiger partial charge in [0.2, 0.25) is 21.8 Å². The van der Waals surface area contributed by atoms with Crippen LogP contribution in [0.5, 0.6) is 5.75 Å². The quantitative estimate of drug-likeness (QED) is 0.198. The fraction of sp³-hybridized carbons (Fsp3) is 0.543. The van der Waals surface area contributed by atoms with E-state index in [1.54, 1.807) is 19.1 Å². The van der Waals surface area contributed by atoms with Gasteiger partial charge in [-0.15, -0.1) is 0 Å². The number of carbonyl (C=O) groups is 4. The number of hydrogen-bond acceptors (Lipinski definition) is 9. The van der Waals surface area contributed by atoms with E-state index >= 15 is 4.79 Å². The Balaban J connectivity index is 1.08. The van der Waals surface area contributed by atoms with Crippen LogP contribution in [0, 0.1) is 17.7 Å². The van der Waals surface area contributed by atoms with Crippen molar-refractivity contribution in [3.63, 3.8) is 0 Å². The lowest BCUT2D eigenvalue weighted by Gasteiger charge is -2.37. The summed E-state index contributed by atoms with van der Waals surface area (Å²) in [6.45, 7) is 1.61. The third-order valence-corrected chi connectivity index (χ3v) is 16.1. The average molecular weight is 841 g/mol. The third kappa shape index (κ3) is 7.68. The predicted octanol–water partition coefficient (Wildman–Crippen LogP) is 6.59. The van der Waals surface area contributed by atoms with E-state index in [0.717, 1.165) is 55.0 Å². The second-order valence-electron chi connectivity index (χ2n) is 18.3. The molecule has 3 amide bonds. The molecule has 60 heavy (non-hydrogen) atoms. The van der Waals surface area contributed by atoms with Crippen LogP contribution >= 0.6 is 0 Å². The molecule has 6 aliphatic rings. The number of rotatable bonds is 7. The average Bonchev–Trinajstić information content (AvgIpc) is 4.02. The van der Waals surface area contributed by atoms with Crippen LogP contribution in [0.1, 0.15) is 109 Å². The van der Waals surface area contributed by atoms with E-state index in [1.807, 2.05) is 36.4 Å². The van der Waals surface area contributed by atoms with E-state index in [9.17, 15) is 27.2 Å². The van der Waals surface area contributed by atoms with E-state index < -0.39 is 67.4 Å². The van der Waals surface area contributed by atoms with Gasteiger partial charge < -0.3 is 19.7 Å². The molecule has 1 spiro atoms. The summed E-state index contributed by atoms with van der Waals surface area (Å²) >= 11 is 0. The number of fused-ring (bicyclic) bond motifs is 5. The normalized spacial score (nSPS) is 29.6. The van der Waals surface area contributed by atoms with Gasteiger partial charge in [-0.25, -0.2) is 17.8 Å². The van der Waals surface area contributed by atoms with Crippen molar-refractivity contribution in [2.24, 2.45) is 11.8 Å². The summed E-state index contributed by atoms with van der Waals surface area (Å²) in [4.78, 5) is 63.9. The van der Waals surface area contributed by atoms with Gasteiger partial charge >= 0.3 is 5.97 Å². The molecule has 1 saturated heterocycles. The minimum Gasteiger partial charge on any atom is -0.483 e. The zero-order valence-corrected chi connectivity index (χ0v) is 34.9. The maximum absolute atomic E-state index is 15.0. The lowest BCUT2D eigenvalue weighted by molar-refractivity contribution is -0.154. The highest BCUT2D eigenvalue weighted by Gasteiger charge is 2.64. The molecule has 5 atom stereocenters. The molecule has 318 valence electrons. The number of esters is 1. The van der Waals surface area contributed by atoms with Crippen molar-refractivity contribution in [2.45, 2.75) is 138 Å². The number of carbonyl (C=O) groups excluding carboxylic acids is 4. The van der Waals surface area contributed by atoms with Gasteiger partial charge in [-0.05, 0) is 102 Å².